The molecule has 0 aliphatic carbocycles. The molecule has 2 aromatic heterocycles. The second kappa shape index (κ2) is 8.39. The first-order valence-electron chi connectivity index (χ1n) is 9.17. The lowest BCUT2D eigenvalue weighted by molar-refractivity contribution is 0.0952. The summed E-state index contributed by atoms with van der Waals surface area (Å²) < 4.78 is 7.97. The van der Waals surface area contributed by atoms with Crippen molar-refractivity contribution in [3.05, 3.63) is 62.9 Å². The van der Waals surface area contributed by atoms with Crippen LogP contribution in [0.2, 0.25) is 0 Å². The zero-order valence-electron chi connectivity index (χ0n) is 15.9. The van der Waals surface area contributed by atoms with E-state index in [0.29, 0.717) is 30.6 Å². The van der Waals surface area contributed by atoms with Gasteiger partial charge in [-0.2, -0.15) is 0 Å². The summed E-state index contributed by atoms with van der Waals surface area (Å²) in [7, 11) is 0. The van der Waals surface area contributed by atoms with Crippen molar-refractivity contribution in [1.29, 1.82) is 0 Å². The Morgan fingerprint density at radius 2 is 1.93 bits per heavy atom. The third-order valence-corrected chi connectivity index (χ3v) is 5.44. The number of carbonyl (C=O) groups excluding carboxylic acids is 1. The number of ether oxygens (including phenoxy) is 1. The van der Waals surface area contributed by atoms with Gasteiger partial charge in [0.2, 0.25) is 0 Å². The third-order valence-electron chi connectivity index (χ3n) is 4.37. The number of hydrogen-bond acceptors (Lipinski definition) is 4. The molecule has 5 nitrogen and oxygen atoms in total. The lowest BCUT2D eigenvalue weighted by atomic mass is 10.1. The molecule has 27 heavy (non-hydrogen) atoms. The summed E-state index contributed by atoms with van der Waals surface area (Å²) in [6, 6.07) is 9.56. The summed E-state index contributed by atoms with van der Waals surface area (Å²) in [4.78, 5) is 26.5. The van der Waals surface area contributed by atoms with Gasteiger partial charge in [0, 0.05) is 28.9 Å². The van der Waals surface area contributed by atoms with E-state index in [1.165, 1.54) is 11.3 Å². The zero-order valence-corrected chi connectivity index (χ0v) is 16.7. The molecule has 0 fully saturated rings. The van der Waals surface area contributed by atoms with Gasteiger partial charge < -0.3 is 14.6 Å². The minimum Gasteiger partial charge on any atom is -0.494 e. The van der Waals surface area contributed by atoms with Crippen LogP contribution in [0.5, 0.6) is 5.75 Å². The topological polar surface area (TPSA) is 60.3 Å². The molecule has 6 heteroatoms. The SMILES string of the molecule is CCCn1ccc2sc(C)c(C(=O)NCc3ccc(OCC)cc3)c2c1=O. The molecule has 1 amide bonds. The molecule has 0 aliphatic rings. The van der Waals surface area contributed by atoms with Crippen molar-refractivity contribution in [3.63, 3.8) is 0 Å². The highest BCUT2D eigenvalue weighted by molar-refractivity contribution is 7.19. The van der Waals surface area contributed by atoms with Gasteiger partial charge in [-0.15, -0.1) is 11.3 Å². The van der Waals surface area contributed by atoms with E-state index in [0.717, 1.165) is 27.3 Å². The first-order chi connectivity index (χ1) is 13.0. The maximum Gasteiger partial charge on any atom is 0.260 e. The Labute approximate surface area is 162 Å². The molecule has 0 saturated heterocycles. The average Bonchev–Trinajstić information content (AvgIpc) is 3.00. The third kappa shape index (κ3) is 4.06. The number of nitrogens with zero attached hydrogens (tertiary/aromatic N) is 1. The van der Waals surface area contributed by atoms with Crippen LogP contribution in [0.4, 0.5) is 0 Å². The number of pyridine rings is 1. The van der Waals surface area contributed by atoms with Crippen molar-refractivity contribution in [2.45, 2.75) is 40.3 Å². The monoisotopic (exact) mass is 384 g/mol. The number of aryl methyl sites for hydroxylation is 2. The van der Waals surface area contributed by atoms with Crippen molar-refractivity contribution in [2.75, 3.05) is 6.61 Å². The fourth-order valence-corrected chi connectivity index (χ4v) is 4.14. The molecule has 1 N–H and O–H groups in total. The number of hydrogen-bond donors (Lipinski definition) is 1. The van der Waals surface area contributed by atoms with Gasteiger partial charge in [-0.1, -0.05) is 19.1 Å². The van der Waals surface area contributed by atoms with Crippen molar-refractivity contribution in [3.8, 4) is 5.75 Å². The highest BCUT2D eigenvalue weighted by Crippen LogP contribution is 2.28. The number of thiophene rings is 1. The van der Waals surface area contributed by atoms with Crippen LogP contribution in [-0.2, 0) is 13.1 Å². The molecule has 0 bridgehead atoms. The van der Waals surface area contributed by atoms with Crippen LogP contribution in [0.25, 0.3) is 10.1 Å². The van der Waals surface area contributed by atoms with Crippen molar-refractivity contribution < 1.29 is 9.53 Å². The summed E-state index contributed by atoms with van der Waals surface area (Å²) in [5.74, 6) is 0.600. The Morgan fingerprint density at radius 1 is 1.19 bits per heavy atom. The minimum atomic E-state index is -0.209. The number of carbonyl (C=O) groups is 1. The lowest BCUT2D eigenvalue weighted by Gasteiger charge is -2.08. The second-order valence-electron chi connectivity index (χ2n) is 6.35. The van der Waals surface area contributed by atoms with Crippen molar-refractivity contribution >= 4 is 27.3 Å². The highest BCUT2D eigenvalue weighted by Gasteiger charge is 2.19. The van der Waals surface area contributed by atoms with Gasteiger partial charge in [0.1, 0.15) is 5.75 Å². The molecule has 142 valence electrons. The standard InChI is InChI=1S/C21H24N2O3S/c1-4-11-23-12-10-17-19(21(23)25)18(14(3)27-17)20(24)22-13-15-6-8-16(9-7-15)26-5-2/h6-10,12H,4-5,11,13H2,1-3H3,(H,22,24). The molecule has 3 aromatic rings. The number of benzene rings is 1. The van der Waals surface area contributed by atoms with E-state index < -0.39 is 0 Å². The molecule has 0 saturated carbocycles. The molecule has 0 unspecified atom stereocenters. The van der Waals surface area contributed by atoms with E-state index in [9.17, 15) is 9.59 Å². The van der Waals surface area contributed by atoms with Crippen LogP contribution in [0.3, 0.4) is 0 Å². The average molecular weight is 385 g/mol. The van der Waals surface area contributed by atoms with Crippen LogP contribution in [0.1, 0.15) is 41.1 Å². The number of amides is 1. The fraction of sp³-hybridized carbons (Fsp3) is 0.333. The predicted octanol–water partition coefficient (Wildman–Crippen LogP) is 4.11. The van der Waals surface area contributed by atoms with Crippen molar-refractivity contribution in [1.82, 2.24) is 9.88 Å². The Kier molecular flexibility index (Phi) is 5.96. The predicted molar refractivity (Wildman–Crippen MR) is 110 cm³/mol. The molecule has 0 radical (unpaired) electrons. The summed E-state index contributed by atoms with van der Waals surface area (Å²) in [5, 5.41) is 3.47. The summed E-state index contributed by atoms with van der Waals surface area (Å²) in [5.41, 5.74) is 1.38. The minimum absolute atomic E-state index is 0.0927. The lowest BCUT2D eigenvalue weighted by Crippen LogP contribution is -2.26. The fourth-order valence-electron chi connectivity index (χ4n) is 3.10. The van der Waals surface area contributed by atoms with Crippen LogP contribution in [0, 0.1) is 6.92 Å². The van der Waals surface area contributed by atoms with Gasteiger partial charge >= 0.3 is 0 Å². The maximum atomic E-state index is 12.8. The van der Waals surface area contributed by atoms with E-state index in [4.69, 9.17) is 4.74 Å². The summed E-state index contributed by atoms with van der Waals surface area (Å²) in [6.07, 6.45) is 2.68. The Bertz CT molecular complexity index is 1000. The number of fused-ring (bicyclic) bond motifs is 1. The quantitative estimate of drug-likeness (QED) is 0.667. The molecule has 2 heterocycles. The van der Waals surface area contributed by atoms with Crippen LogP contribution >= 0.6 is 11.3 Å². The molecule has 3 rings (SSSR count). The van der Waals surface area contributed by atoms with E-state index in [1.54, 1.807) is 4.57 Å². The molecule has 0 spiro atoms. The van der Waals surface area contributed by atoms with Gasteiger partial charge in [-0.3, -0.25) is 9.59 Å². The number of nitrogens with one attached hydrogen (secondary N) is 1. The smallest absolute Gasteiger partial charge is 0.260 e. The molecule has 0 atom stereocenters. The van der Waals surface area contributed by atoms with Gasteiger partial charge in [0.05, 0.1) is 17.6 Å². The highest BCUT2D eigenvalue weighted by atomic mass is 32.1. The van der Waals surface area contributed by atoms with E-state index >= 15 is 0 Å². The largest absolute Gasteiger partial charge is 0.494 e. The molecular weight excluding hydrogens is 360 g/mol. The Hall–Kier alpha value is -2.60. The summed E-state index contributed by atoms with van der Waals surface area (Å²) in [6.45, 7) is 7.53. The maximum absolute atomic E-state index is 12.8. The van der Waals surface area contributed by atoms with Gasteiger partial charge in [0.25, 0.3) is 11.5 Å². The van der Waals surface area contributed by atoms with Gasteiger partial charge in [0.15, 0.2) is 0 Å². The van der Waals surface area contributed by atoms with Crippen LogP contribution in [-0.4, -0.2) is 17.1 Å². The van der Waals surface area contributed by atoms with Crippen LogP contribution < -0.4 is 15.6 Å². The second-order valence-corrected chi connectivity index (χ2v) is 7.60. The first-order valence-corrected chi connectivity index (χ1v) is 9.99. The van der Waals surface area contributed by atoms with E-state index in [1.807, 2.05) is 57.3 Å². The Morgan fingerprint density at radius 3 is 2.59 bits per heavy atom. The van der Waals surface area contributed by atoms with Gasteiger partial charge in [-0.25, -0.2) is 0 Å². The number of aromatic nitrogens is 1. The van der Waals surface area contributed by atoms with Crippen LogP contribution in [0.15, 0.2) is 41.3 Å². The van der Waals surface area contributed by atoms with Gasteiger partial charge in [-0.05, 0) is 44.0 Å². The normalized spacial score (nSPS) is 10.9. The molecule has 0 aliphatic heterocycles. The summed E-state index contributed by atoms with van der Waals surface area (Å²) >= 11 is 1.49. The van der Waals surface area contributed by atoms with E-state index in [-0.39, 0.29) is 11.5 Å². The van der Waals surface area contributed by atoms with E-state index in [2.05, 4.69) is 5.32 Å². The van der Waals surface area contributed by atoms with Crippen molar-refractivity contribution in [2.24, 2.45) is 0 Å². The first kappa shape index (κ1) is 19.2. The zero-order chi connectivity index (χ0) is 19.4. The Balaban J connectivity index is 1.83. The molecular formula is C21H24N2O3S. The number of rotatable bonds is 7. The molecule has 1 aromatic carbocycles.